The van der Waals surface area contributed by atoms with Gasteiger partial charge in [-0.3, -0.25) is 4.79 Å². The minimum atomic E-state index is -1.19. The Morgan fingerprint density at radius 3 is 2.67 bits per heavy atom. The van der Waals surface area contributed by atoms with Gasteiger partial charge in [0.15, 0.2) is 0 Å². The summed E-state index contributed by atoms with van der Waals surface area (Å²) in [5.74, 6) is -1.08. The summed E-state index contributed by atoms with van der Waals surface area (Å²) < 4.78 is 1.21. The van der Waals surface area contributed by atoms with Crippen molar-refractivity contribution < 1.29 is 15.0 Å². The highest BCUT2D eigenvalue weighted by Gasteiger charge is 2.24. The molecule has 1 fully saturated rings. The molecular formula is C10H11NO4. The fraction of sp³-hybridized carbons (Fsp3) is 0.400. The van der Waals surface area contributed by atoms with Gasteiger partial charge in [-0.15, -0.1) is 0 Å². The van der Waals surface area contributed by atoms with Crippen LogP contribution < -0.4 is 5.56 Å². The zero-order valence-corrected chi connectivity index (χ0v) is 8.01. The van der Waals surface area contributed by atoms with Crippen LogP contribution in [0, 0.1) is 5.92 Å². The van der Waals surface area contributed by atoms with Gasteiger partial charge in [0.2, 0.25) is 0 Å². The lowest BCUT2D eigenvalue weighted by Crippen LogP contribution is -2.25. The SMILES string of the molecule is O=C(O)c1cc(O)cc(=O)n1CC1CC1. The maximum atomic E-state index is 11.5. The molecule has 1 aromatic heterocycles. The van der Waals surface area contributed by atoms with Gasteiger partial charge in [-0.05, 0) is 18.8 Å². The molecule has 0 aromatic carbocycles. The van der Waals surface area contributed by atoms with E-state index < -0.39 is 11.5 Å². The van der Waals surface area contributed by atoms with Crippen LogP contribution in [0.4, 0.5) is 0 Å². The van der Waals surface area contributed by atoms with E-state index in [1.165, 1.54) is 4.57 Å². The summed E-state index contributed by atoms with van der Waals surface area (Å²) in [6.07, 6.45) is 2.07. The van der Waals surface area contributed by atoms with E-state index in [4.69, 9.17) is 10.2 Å². The van der Waals surface area contributed by atoms with Crippen molar-refractivity contribution in [1.29, 1.82) is 0 Å². The number of hydrogen-bond acceptors (Lipinski definition) is 3. The van der Waals surface area contributed by atoms with Crippen molar-refractivity contribution in [3.8, 4) is 5.75 Å². The standard InChI is InChI=1S/C10H11NO4/c12-7-3-8(10(14)15)11(9(13)4-7)5-6-1-2-6/h3-4,6,12H,1-2,5H2,(H,14,15). The minimum absolute atomic E-state index is 0.146. The molecule has 15 heavy (non-hydrogen) atoms. The number of aromatic carboxylic acids is 1. The molecule has 2 N–H and O–H groups in total. The monoisotopic (exact) mass is 209 g/mol. The van der Waals surface area contributed by atoms with Crippen LogP contribution >= 0.6 is 0 Å². The van der Waals surface area contributed by atoms with Gasteiger partial charge in [-0.1, -0.05) is 0 Å². The van der Waals surface area contributed by atoms with Crippen LogP contribution in [0.5, 0.6) is 5.75 Å². The molecule has 1 aromatic rings. The average Bonchev–Trinajstić information content (AvgIpc) is 2.92. The number of rotatable bonds is 3. The Morgan fingerprint density at radius 1 is 1.47 bits per heavy atom. The van der Waals surface area contributed by atoms with Gasteiger partial charge in [0.05, 0.1) is 0 Å². The molecule has 80 valence electrons. The van der Waals surface area contributed by atoms with Crippen molar-refractivity contribution >= 4 is 5.97 Å². The van der Waals surface area contributed by atoms with Crippen molar-refractivity contribution in [2.75, 3.05) is 0 Å². The number of aromatic hydroxyl groups is 1. The summed E-state index contributed by atoms with van der Waals surface area (Å²) in [7, 11) is 0. The van der Waals surface area contributed by atoms with Crippen molar-refractivity contribution in [3.63, 3.8) is 0 Å². The van der Waals surface area contributed by atoms with Crippen molar-refractivity contribution in [1.82, 2.24) is 4.57 Å². The number of aromatic nitrogens is 1. The molecule has 1 aliphatic rings. The number of carbonyl (C=O) groups is 1. The van der Waals surface area contributed by atoms with Crippen LogP contribution in [0.3, 0.4) is 0 Å². The fourth-order valence-electron chi connectivity index (χ4n) is 1.51. The quantitative estimate of drug-likeness (QED) is 0.766. The molecule has 1 heterocycles. The van der Waals surface area contributed by atoms with Crippen LogP contribution in [-0.2, 0) is 6.54 Å². The molecule has 0 saturated heterocycles. The summed E-state index contributed by atoms with van der Waals surface area (Å²) in [6, 6.07) is 2.14. The van der Waals surface area contributed by atoms with E-state index in [1.54, 1.807) is 0 Å². The predicted molar refractivity (Wildman–Crippen MR) is 52.1 cm³/mol. The van der Waals surface area contributed by atoms with Gasteiger partial charge in [-0.25, -0.2) is 4.79 Å². The van der Waals surface area contributed by atoms with Crippen LogP contribution in [0.25, 0.3) is 0 Å². The molecule has 0 amide bonds. The first-order valence-electron chi connectivity index (χ1n) is 4.75. The summed E-state index contributed by atoms with van der Waals surface area (Å²) in [5.41, 5.74) is -0.605. The van der Waals surface area contributed by atoms with Crippen molar-refractivity contribution in [2.45, 2.75) is 19.4 Å². The highest BCUT2D eigenvalue weighted by atomic mass is 16.4. The lowest BCUT2D eigenvalue weighted by Gasteiger charge is -2.08. The lowest BCUT2D eigenvalue weighted by molar-refractivity contribution is 0.0682. The molecule has 0 bridgehead atoms. The molecule has 5 heteroatoms. The third kappa shape index (κ3) is 2.01. The Hall–Kier alpha value is -1.78. The normalized spacial score (nSPS) is 15.2. The van der Waals surface area contributed by atoms with Crippen molar-refractivity contribution in [3.05, 3.63) is 28.2 Å². The second kappa shape index (κ2) is 3.42. The van der Waals surface area contributed by atoms with Crippen molar-refractivity contribution in [2.24, 2.45) is 5.92 Å². The Balaban J connectivity index is 2.47. The fourth-order valence-corrected chi connectivity index (χ4v) is 1.51. The predicted octanol–water partition coefficient (Wildman–Crippen LogP) is 0.662. The first kappa shape index (κ1) is 9.76. The molecule has 0 unspecified atom stereocenters. The Kier molecular flexibility index (Phi) is 2.22. The highest BCUT2D eigenvalue weighted by Crippen LogP contribution is 2.30. The summed E-state index contributed by atoms with van der Waals surface area (Å²) in [5, 5.41) is 18.0. The maximum absolute atomic E-state index is 11.5. The van der Waals surface area contributed by atoms with Crippen LogP contribution in [0.15, 0.2) is 16.9 Å². The Labute approximate surface area is 85.6 Å². The van der Waals surface area contributed by atoms with E-state index >= 15 is 0 Å². The summed E-state index contributed by atoms with van der Waals surface area (Å²) in [4.78, 5) is 22.3. The molecule has 0 radical (unpaired) electrons. The first-order valence-corrected chi connectivity index (χ1v) is 4.75. The summed E-state index contributed by atoms with van der Waals surface area (Å²) >= 11 is 0. The lowest BCUT2D eigenvalue weighted by atomic mass is 10.3. The number of pyridine rings is 1. The van der Waals surface area contributed by atoms with Crippen LogP contribution in [0.1, 0.15) is 23.3 Å². The van der Waals surface area contributed by atoms with E-state index in [0.29, 0.717) is 12.5 Å². The topological polar surface area (TPSA) is 79.5 Å². The van der Waals surface area contributed by atoms with Gasteiger partial charge in [0, 0.05) is 18.7 Å². The van der Waals surface area contributed by atoms with E-state index in [2.05, 4.69) is 0 Å². The van der Waals surface area contributed by atoms with E-state index in [9.17, 15) is 9.59 Å². The molecule has 5 nitrogen and oxygen atoms in total. The third-order valence-electron chi connectivity index (χ3n) is 2.47. The number of nitrogens with zero attached hydrogens (tertiary/aromatic N) is 1. The third-order valence-corrected chi connectivity index (χ3v) is 2.47. The van der Waals surface area contributed by atoms with E-state index in [-0.39, 0.29) is 11.4 Å². The molecule has 2 rings (SSSR count). The minimum Gasteiger partial charge on any atom is -0.508 e. The van der Waals surface area contributed by atoms with Gasteiger partial charge in [0.25, 0.3) is 5.56 Å². The average molecular weight is 209 g/mol. The first-order chi connectivity index (χ1) is 7.08. The molecule has 0 atom stereocenters. The van der Waals surface area contributed by atoms with Crippen LogP contribution in [-0.4, -0.2) is 20.7 Å². The second-order valence-corrected chi connectivity index (χ2v) is 3.80. The van der Waals surface area contributed by atoms with Gasteiger partial charge >= 0.3 is 5.97 Å². The highest BCUT2D eigenvalue weighted by molar-refractivity contribution is 5.86. The largest absolute Gasteiger partial charge is 0.508 e. The van der Waals surface area contributed by atoms with Gasteiger partial charge < -0.3 is 14.8 Å². The summed E-state index contributed by atoms with van der Waals surface area (Å²) in [6.45, 7) is 0.431. The zero-order chi connectivity index (χ0) is 11.0. The molecule has 0 spiro atoms. The van der Waals surface area contributed by atoms with E-state index in [1.807, 2.05) is 0 Å². The second-order valence-electron chi connectivity index (χ2n) is 3.80. The molecule has 0 aliphatic heterocycles. The van der Waals surface area contributed by atoms with E-state index in [0.717, 1.165) is 25.0 Å². The molecule has 1 saturated carbocycles. The Morgan fingerprint density at radius 2 is 2.13 bits per heavy atom. The molecular weight excluding hydrogens is 198 g/mol. The van der Waals surface area contributed by atoms with Gasteiger partial charge in [-0.2, -0.15) is 0 Å². The Bertz CT molecular complexity index is 459. The maximum Gasteiger partial charge on any atom is 0.352 e. The molecule has 1 aliphatic carbocycles. The zero-order valence-electron chi connectivity index (χ0n) is 8.01. The number of hydrogen-bond donors (Lipinski definition) is 2. The smallest absolute Gasteiger partial charge is 0.352 e. The number of carboxylic acid groups (broad SMARTS) is 1. The van der Waals surface area contributed by atoms with Gasteiger partial charge in [0.1, 0.15) is 11.4 Å². The van der Waals surface area contributed by atoms with Crippen LogP contribution in [0.2, 0.25) is 0 Å². The number of carboxylic acids is 1.